The molecule has 3 rings (SSSR count). The molecule has 1 aromatic carbocycles. The Hall–Kier alpha value is -2.93. The second-order valence-electron chi connectivity index (χ2n) is 4.32. The minimum absolute atomic E-state index is 0.171. The number of H-pyrrole nitrogens is 1. The lowest BCUT2D eigenvalue weighted by Crippen LogP contribution is -2.12. The quantitative estimate of drug-likeness (QED) is 0.497. The van der Waals surface area contributed by atoms with E-state index in [9.17, 15) is 9.59 Å². The molecule has 0 atom stereocenters. The number of aliphatic hydroxyl groups is 1. The van der Waals surface area contributed by atoms with Gasteiger partial charge in [-0.15, -0.1) is 0 Å². The first-order valence-corrected chi connectivity index (χ1v) is 6.04. The lowest BCUT2D eigenvalue weighted by molar-refractivity contribution is 0.00644. The van der Waals surface area contributed by atoms with Crippen molar-refractivity contribution in [3.8, 4) is 0 Å². The second kappa shape index (κ2) is 4.88. The molecule has 7 nitrogen and oxygen atoms in total. The van der Waals surface area contributed by atoms with Gasteiger partial charge in [-0.3, -0.25) is 0 Å². The monoisotopic (exact) mass is 286 g/mol. The largest absolute Gasteiger partial charge is 0.477 e. The van der Waals surface area contributed by atoms with Crippen molar-refractivity contribution in [1.82, 2.24) is 9.97 Å². The van der Waals surface area contributed by atoms with Crippen molar-refractivity contribution in [2.75, 3.05) is 6.79 Å². The molecule has 0 aliphatic rings. The summed E-state index contributed by atoms with van der Waals surface area (Å²) in [6.07, 6.45) is 0. The van der Waals surface area contributed by atoms with Gasteiger partial charge in [0.1, 0.15) is 5.69 Å². The van der Waals surface area contributed by atoms with Gasteiger partial charge in [-0.05, 0) is 12.1 Å². The average Bonchev–Trinajstić information content (AvgIpc) is 2.85. The van der Waals surface area contributed by atoms with E-state index in [0.29, 0.717) is 10.9 Å². The number of carboxylic acids is 1. The zero-order chi connectivity index (χ0) is 15.0. The Labute approximate surface area is 117 Å². The minimum Gasteiger partial charge on any atom is -0.477 e. The molecule has 0 unspecified atom stereocenters. The number of carbonyl (C=O) groups is 2. The van der Waals surface area contributed by atoms with Gasteiger partial charge in [-0.2, -0.15) is 0 Å². The van der Waals surface area contributed by atoms with Crippen LogP contribution in [0.3, 0.4) is 0 Å². The number of hydrogen-bond donors (Lipinski definition) is 3. The predicted octanol–water partition coefficient (Wildman–Crippen LogP) is 1.52. The van der Waals surface area contributed by atoms with Crippen molar-refractivity contribution in [2.24, 2.45) is 0 Å². The molecule has 21 heavy (non-hydrogen) atoms. The number of aromatic amines is 1. The van der Waals surface area contributed by atoms with Gasteiger partial charge in [0, 0.05) is 16.3 Å². The highest BCUT2D eigenvalue weighted by atomic mass is 16.6. The molecule has 2 aromatic heterocycles. The number of esters is 1. The number of carboxylic acid groups (broad SMARTS) is 1. The zero-order valence-corrected chi connectivity index (χ0v) is 10.7. The molecule has 106 valence electrons. The van der Waals surface area contributed by atoms with Crippen LogP contribution in [0.4, 0.5) is 0 Å². The van der Waals surface area contributed by atoms with Crippen molar-refractivity contribution < 1.29 is 24.5 Å². The molecule has 3 N–H and O–H groups in total. The summed E-state index contributed by atoms with van der Waals surface area (Å²) in [4.78, 5) is 29.8. The van der Waals surface area contributed by atoms with E-state index in [2.05, 4.69) is 14.7 Å². The first-order valence-electron chi connectivity index (χ1n) is 6.04. The van der Waals surface area contributed by atoms with Crippen LogP contribution in [0.5, 0.6) is 0 Å². The van der Waals surface area contributed by atoms with E-state index in [0.717, 1.165) is 10.9 Å². The summed E-state index contributed by atoms with van der Waals surface area (Å²) in [6, 6.07) is 8.63. The number of aliphatic hydroxyl groups excluding tert-OH is 1. The van der Waals surface area contributed by atoms with Crippen molar-refractivity contribution >= 4 is 33.7 Å². The third-order valence-corrected chi connectivity index (χ3v) is 3.10. The van der Waals surface area contributed by atoms with E-state index in [1.807, 2.05) is 12.1 Å². The number of benzene rings is 1. The molecule has 0 amide bonds. The molecule has 0 aliphatic heterocycles. The van der Waals surface area contributed by atoms with Crippen LogP contribution in [0.2, 0.25) is 0 Å². The zero-order valence-electron chi connectivity index (χ0n) is 10.7. The molecule has 3 aromatic rings. The van der Waals surface area contributed by atoms with Crippen LogP contribution in [0.1, 0.15) is 21.0 Å². The summed E-state index contributed by atoms with van der Waals surface area (Å²) < 4.78 is 4.51. The number of nitrogens with zero attached hydrogens (tertiary/aromatic N) is 1. The number of carbonyl (C=O) groups excluding carboxylic acids is 1. The number of hydrogen-bond acceptors (Lipinski definition) is 5. The van der Waals surface area contributed by atoms with Crippen molar-refractivity contribution in [1.29, 1.82) is 0 Å². The van der Waals surface area contributed by atoms with E-state index in [-0.39, 0.29) is 11.4 Å². The van der Waals surface area contributed by atoms with Gasteiger partial charge in [0.25, 0.3) is 0 Å². The standard InChI is InChI=1S/C14H10N2O5/c17-6-21-14(20)12-11-8(5-10(16-12)13(18)19)7-3-1-2-4-9(7)15-11/h1-5,15,17H,6H2,(H,18,19). The number of fused-ring (bicyclic) bond motifs is 3. The highest BCUT2D eigenvalue weighted by Gasteiger charge is 2.20. The van der Waals surface area contributed by atoms with Crippen molar-refractivity contribution in [3.63, 3.8) is 0 Å². The SMILES string of the molecule is O=C(O)c1cc2c([nH]c3ccccc32)c(C(=O)OCO)n1. The summed E-state index contributed by atoms with van der Waals surface area (Å²) in [7, 11) is 0. The van der Waals surface area contributed by atoms with E-state index < -0.39 is 18.7 Å². The Morgan fingerprint density at radius 1 is 1.24 bits per heavy atom. The lowest BCUT2D eigenvalue weighted by Gasteiger charge is -2.03. The maximum Gasteiger partial charge on any atom is 0.361 e. The van der Waals surface area contributed by atoms with Gasteiger partial charge in [-0.1, -0.05) is 18.2 Å². The fourth-order valence-corrected chi connectivity index (χ4v) is 2.23. The first kappa shape index (κ1) is 13.1. The Morgan fingerprint density at radius 3 is 2.71 bits per heavy atom. The topological polar surface area (TPSA) is 113 Å². The molecule has 0 saturated heterocycles. The number of pyridine rings is 1. The number of aromatic carboxylic acids is 1. The molecule has 7 heteroatoms. The summed E-state index contributed by atoms with van der Waals surface area (Å²) in [5.74, 6) is -2.14. The van der Waals surface area contributed by atoms with Gasteiger partial charge < -0.3 is 19.9 Å². The maximum absolute atomic E-state index is 11.9. The van der Waals surface area contributed by atoms with Crippen molar-refractivity contribution in [2.45, 2.75) is 0 Å². The molecular formula is C14H10N2O5. The summed E-state index contributed by atoms with van der Waals surface area (Å²) in [6.45, 7) is -0.806. The van der Waals surface area contributed by atoms with Crippen LogP contribution in [-0.2, 0) is 4.74 Å². The molecule has 0 bridgehead atoms. The minimum atomic E-state index is -1.25. The highest BCUT2D eigenvalue weighted by molar-refractivity contribution is 6.14. The fraction of sp³-hybridized carbons (Fsp3) is 0.0714. The van der Waals surface area contributed by atoms with Crippen LogP contribution in [0.25, 0.3) is 21.8 Å². The second-order valence-corrected chi connectivity index (χ2v) is 4.32. The number of para-hydroxylation sites is 1. The molecule has 2 heterocycles. The van der Waals surface area contributed by atoms with E-state index >= 15 is 0 Å². The predicted molar refractivity (Wildman–Crippen MR) is 73.1 cm³/mol. The number of rotatable bonds is 3. The smallest absolute Gasteiger partial charge is 0.361 e. The van der Waals surface area contributed by atoms with E-state index in [1.165, 1.54) is 6.07 Å². The molecule has 0 fully saturated rings. The molecule has 0 aliphatic carbocycles. The van der Waals surface area contributed by atoms with Gasteiger partial charge >= 0.3 is 11.9 Å². The third kappa shape index (κ3) is 2.09. The van der Waals surface area contributed by atoms with Crippen LogP contribution >= 0.6 is 0 Å². The number of nitrogens with one attached hydrogen (secondary N) is 1. The van der Waals surface area contributed by atoms with Crippen LogP contribution in [0, 0.1) is 0 Å². The van der Waals surface area contributed by atoms with Crippen molar-refractivity contribution in [3.05, 3.63) is 41.7 Å². The fourth-order valence-electron chi connectivity index (χ4n) is 2.23. The van der Waals surface area contributed by atoms with E-state index in [4.69, 9.17) is 10.2 Å². The summed E-state index contributed by atoms with van der Waals surface area (Å²) >= 11 is 0. The van der Waals surface area contributed by atoms with Gasteiger partial charge in [-0.25, -0.2) is 14.6 Å². The Kier molecular flexibility index (Phi) is 3.03. The third-order valence-electron chi connectivity index (χ3n) is 3.10. The van der Waals surface area contributed by atoms with Gasteiger partial charge in [0.15, 0.2) is 12.5 Å². The number of aromatic nitrogens is 2. The van der Waals surface area contributed by atoms with Crippen LogP contribution in [0.15, 0.2) is 30.3 Å². The molecular weight excluding hydrogens is 276 g/mol. The number of ether oxygens (including phenoxy) is 1. The van der Waals surface area contributed by atoms with Crippen LogP contribution in [-0.4, -0.2) is 38.9 Å². The molecule has 0 spiro atoms. The summed E-state index contributed by atoms with van der Waals surface area (Å²) in [5, 5.41) is 19.1. The summed E-state index contributed by atoms with van der Waals surface area (Å²) in [5.41, 5.74) is 0.682. The highest BCUT2D eigenvalue weighted by Crippen LogP contribution is 2.28. The lowest BCUT2D eigenvalue weighted by atomic mass is 10.1. The van der Waals surface area contributed by atoms with Gasteiger partial charge in [0.05, 0.1) is 5.52 Å². The molecule has 0 radical (unpaired) electrons. The van der Waals surface area contributed by atoms with E-state index in [1.54, 1.807) is 12.1 Å². The molecule has 0 saturated carbocycles. The van der Waals surface area contributed by atoms with Gasteiger partial charge in [0.2, 0.25) is 0 Å². The average molecular weight is 286 g/mol. The Balaban J connectivity index is 2.38. The Bertz CT molecular complexity index is 868. The maximum atomic E-state index is 11.9. The van der Waals surface area contributed by atoms with Crippen LogP contribution < -0.4 is 0 Å². The Morgan fingerprint density at radius 2 is 2.00 bits per heavy atom. The first-order chi connectivity index (χ1) is 10.1. The normalized spacial score (nSPS) is 10.9.